The van der Waals surface area contributed by atoms with E-state index < -0.39 is 0 Å². The lowest BCUT2D eigenvalue weighted by Crippen LogP contribution is -2.40. The summed E-state index contributed by atoms with van der Waals surface area (Å²) in [5, 5.41) is 6.37. The van der Waals surface area contributed by atoms with Gasteiger partial charge in [0.05, 0.1) is 0 Å². The minimum absolute atomic E-state index is 0.128. The zero-order valence-electron chi connectivity index (χ0n) is 10.4. The second-order valence-corrected chi connectivity index (χ2v) is 5.59. The van der Waals surface area contributed by atoms with Crippen molar-refractivity contribution in [1.29, 1.82) is 0 Å². The molecule has 88 valence electrons. The minimum Gasteiger partial charge on any atom is -0.354 e. The molecule has 1 atom stereocenters. The standard InChI is InChI=1S/C12H24N2O/c1-9(10-5-6-10)13-7-8-14-11(15)12(2,3)4/h9-10,13H,5-8H2,1-4H3,(H,14,15). The van der Waals surface area contributed by atoms with Gasteiger partial charge in [-0.05, 0) is 25.7 Å². The van der Waals surface area contributed by atoms with Crippen molar-refractivity contribution in [3.05, 3.63) is 0 Å². The highest BCUT2D eigenvalue weighted by Crippen LogP contribution is 2.32. The first-order valence-corrected chi connectivity index (χ1v) is 5.93. The molecule has 0 radical (unpaired) electrons. The van der Waals surface area contributed by atoms with Gasteiger partial charge in [0.15, 0.2) is 0 Å². The molecule has 3 heteroatoms. The highest BCUT2D eigenvalue weighted by molar-refractivity contribution is 5.81. The first-order valence-electron chi connectivity index (χ1n) is 5.93. The Morgan fingerprint density at radius 2 is 1.93 bits per heavy atom. The SMILES string of the molecule is CC(NCCNC(=O)C(C)(C)C)C1CC1. The Hall–Kier alpha value is -0.570. The van der Waals surface area contributed by atoms with Crippen LogP contribution in [0.4, 0.5) is 0 Å². The molecular formula is C12H24N2O. The van der Waals surface area contributed by atoms with E-state index in [0.29, 0.717) is 6.04 Å². The number of hydrogen-bond donors (Lipinski definition) is 2. The van der Waals surface area contributed by atoms with Crippen molar-refractivity contribution < 1.29 is 4.79 Å². The zero-order chi connectivity index (χ0) is 11.5. The maximum absolute atomic E-state index is 11.5. The molecule has 1 aliphatic rings. The lowest BCUT2D eigenvalue weighted by Gasteiger charge is -2.18. The molecular weight excluding hydrogens is 188 g/mol. The van der Waals surface area contributed by atoms with Crippen LogP contribution in [0.25, 0.3) is 0 Å². The van der Waals surface area contributed by atoms with Crippen LogP contribution < -0.4 is 10.6 Å². The second-order valence-electron chi connectivity index (χ2n) is 5.59. The van der Waals surface area contributed by atoms with Crippen LogP contribution in [-0.2, 0) is 4.79 Å². The van der Waals surface area contributed by atoms with Crippen LogP contribution in [0, 0.1) is 11.3 Å². The first kappa shape index (κ1) is 12.5. The summed E-state index contributed by atoms with van der Waals surface area (Å²) in [5.74, 6) is 1.01. The van der Waals surface area contributed by atoms with Crippen LogP contribution in [0.3, 0.4) is 0 Å². The summed E-state index contributed by atoms with van der Waals surface area (Å²) in [6.45, 7) is 9.63. The fourth-order valence-corrected chi connectivity index (χ4v) is 1.50. The summed E-state index contributed by atoms with van der Waals surface area (Å²) in [7, 11) is 0. The van der Waals surface area contributed by atoms with Crippen molar-refractivity contribution in [3.63, 3.8) is 0 Å². The zero-order valence-corrected chi connectivity index (χ0v) is 10.4. The van der Waals surface area contributed by atoms with E-state index in [2.05, 4.69) is 17.6 Å². The molecule has 2 N–H and O–H groups in total. The maximum Gasteiger partial charge on any atom is 0.225 e. The average Bonchev–Trinajstić information content (AvgIpc) is 2.92. The summed E-state index contributed by atoms with van der Waals surface area (Å²) >= 11 is 0. The Labute approximate surface area is 93.0 Å². The van der Waals surface area contributed by atoms with E-state index in [1.807, 2.05) is 20.8 Å². The minimum atomic E-state index is -0.276. The maximum atomic E-state index is 11.5. The predicted octanol–water partition coefficient (Wildman–Crippen LogP) is 1.54. The van der Waals surface area contributed by atoms with Crippen molar-refractivity contribution in [2.75, 3.05) is 13.1 Å². The van der Waals surface area contributed by atoms with Gasteiger partial charge >= 0.3 is 0 Å². The highest BCUT2D eigenvalue weighted by Gasteiger charge is 2.27. The Balaban J connectivity index is 2.03. The van der Waals surface area contributed by atoms with Gasteiger partial charge in [0.2, 0.25) is 5.91 Å². The third kappa shape index (κ3) is 4.65. The van der Waals surface area contributed by atoms with E-state index in [1.54, 1.807) is 0 Å². The molecule has 1 unspecified atom stereocenters. The molecule has 1 aliphatic carbocycles. The fourth-order valence-electron chi connectivity index (χ4n) is 1.50. The van der Waals surface area contributed by atoms with Gasteiger partial charge < -0.3 is 10.6 Å². The largest absolute Gasteiger partial charge is 0.354 e. The molecule has 1 rings (SSSR count). The molecule has 0 bridgehead atoms. The molecule has 0 spiro atoms. The van der Waals surface area contributed by atoms with Gasteiger partial charge in [-0.25, -0.2) is 0 Å². The lowest BCUT2D eigenvalue weighted by molar-refractivity contribution is -0.128. The van der Waals surface area contributed by atoms with Gasteiger partial charge in [0, 0.05) is 24.5 Å². The van der Waals surface area contributed by atoms with E-state index in [-0.39, 0.29) is 11.3 Å². The van der Waals surface area contributed by atoms with Gasteiger partial charge in [-0.15, -0.1) is 0 Å². The number of hydrogen-bond acceptors (Lipinski definition) is 2. The van der Waals surface area contributed by atoms with Crippen molar-refractivity contribution in [2.45, 2.75) is 46.6 Å². The second kappa shape index (κ2) is 4.97. The molecule has 1 saturated carbocycles. The Morgan fingerprint density at radius 1 is 1.33 bits per heavy atom. The van der Waals surface area contributed by atoms with Crippen LogP contribution in [0.2, 0.25) is 0 Å². The van der Waals surface area contributed by atoms with Crippen LogP contribution in [0.15, 0.2) is 0 Å². The topological polar surface area (TPSA) is 41.1 Å². The summed E-state index contributed by atoms with van der Waals surface area (Å²) in [6.07, 6.45) is 2.73. The van der Waals surface area contributed by atoms with Crippen LogP contribution in [0.1, 0.15) is 40.5 Å². The quantitative estimate of drug-likeness (QED) is 0.679. The number of rotatable bonds is 5. The van der Waals surface area contributed by atoms with E-state index in [1.165, 1.54) is 12.8 Å². The van der Waals surface area contributed by atoms with Crippen LogP contribution >= 0.6 is 0 Å². The van der Waals surface area contributed by atoms with Crippen LogP contribution in [0.5, 0.6) is 0 Å². The van der Waals surface area contributed by atoms with Gasteiger partial charge in [-0.2, -0.15) is 0 Å². The number of carbonyl (C=O) groups is 1. The fraction of sp³-hybridized carbons (Fsp3) is 0.917. The Kier molecular flexibility index (Phi) is 4.14. The monoisotopic (exact) mass is 212 g/mol. The van der Waals surface area contributed by atoms with E-state index >= 15 is 0 Å². The number of carbonyl (C=O) groups excluding carboxylic acids is 1. The molecule has 0 saturated heterocycles. The van der Waals surface area contributed by atoms with Gasteiger partial charge in [-0.3, -0.25) is 4.79 Å². The summed E-state index contributed by atoms with van der Waals surface area (Å²) in [5.41, 5.74) is -0.276. The molecule has 0 aromatic heterocycles. The van der Waals surface area contributed by atoms with Crippen LogP contribution in [-0.4, -0.2) is 25.0 Å². The molecule has 1 fully saturated rings. The molecule has 3 nitrogen and oxygen atoms in total. The van der Waals surface area contributed by atoms with Gasteiger partial charge in [0.25, 0.3) is 0 Å². The molecule has 1 amide bonds. The van der Waals surface area contributed by atoms with E-state index in [4.69, 9.17) is 0 Å². The Bertz CT molecular complexity index is 216. The summed E-state index contributed by atoms with van der Waals surface area (Å²) in [4.78, 5) is 11.5. The first-order chi connectivity index (χ1) is 6.91. The molecule has 0 heterocycles. The number of amides is 1. The number of nitrogens with one attached hydrogen (secondary N) is 2. The molecule has 0 aromatic rings. The average molecular weight is 212 g/mol. The van der Waals surface area contributed by atoms with Crippen molar-refractivity contribution in [2.24, 2.45) is 11.3 Å². The molecule has 15 heavy (non-hydrogen) atoms. The van der Waals surface area contributed by atoms with Crippen molar-refractivity contribution in [1.82, 2.24) is 10.6 Å². The predicted molar refractivity (Wildman–Crippen MR) is 62.7 cm³/mol. The van der Waals surface area contributed by atoms with Crippen molar-refractivity contribution in [3.8, 4) is 0 Å². The third-order valence-corrected chi connectivity index (χ3v) is 2.89. The molecule has 0 aliphatic heterocycles. The summed E-state index contributed by atoms with van der Waals surface area (Å²) < 4.78 is 0. The van der Waals surface area contributed by atoms with E-state index in [9.17, 15) is 4.79 Å². The van der Waals surface area contributed by atoms with Gasteiger partial charge in [0.1, 0.15) is 0 Å². The van der Waals surface area contributed by atoms with Gasteiger partial charge in [-0.1, -0.05) is 20.8 Å². The smallest absolute Gasteiger partial charge is 0.225 e. The van der Waals surface area contributed by atoms with Crippen molar-refractivity contribution >= 4 is 5.91 Å². The highest BCUT2D eigenvalue weighted by atomic mass is 16.2. The Morgan fingerprint density at radius 3 is 2.40 bits per heavy atom. The lowest BCUT2D eigenvalue weighted by atomic mass is 9.96. The van der Waals surface area contributed by atoms with E-state index in [0.717, 1.165) is 19.0 Å². The summed E-state index contributed by atoms with van der Waals surface area (Å²) in [6, 6.07) is 0.608. The molecule has 0 aromatic carbocycles. The normalized spacial score (nSPS) is 18.7. The third-order valence-electron chi connectivity index (χ3n) is 2.89.